The molecular weight excluding hydrogens is 200 g/mol. The van der Waals surface area contributed by atoms with E-state index in [-0.39, 0.29) is 11.2 Å². The zero-order chi connectivity index (χ0) is 10.1. The molecule has 1 rings (SSSR count). The first-order valence-corrected chi connectivity index (χ1v) is 4.12. The molecule has 0 fully saturated rings. The second kappa shape index (κ2) is 3.41. The normalized spacial score (nSPS) is 11.9. The molecule has 0 amide bonds. The highest BCUT2D eigenvalue weighted by molar-refractivity contribution is 7.71. The third-order valence-corrected chi connectivity index (χ3v) is 2.00. The van der Waals surface area contributed by atoms with Crippen molar-refractivity contribution in [3.63, 3.8) is 0 Å². The Labute approximate surface area is 77.6 Å². The maximum absolute atomic E-state index is 12.8. The summed E-state index contributed by atoms with van der Waals surface area (Å²) in [5.41, 5.74) is -0.641. The molecular formula is C6H9F2N3OS. The van der Waals surface area contributed by atoms with Gasteiger partial charge in [-0.25, -0.2) is 18.7 Å². The molecule has 0 aliphatic carbocycles. The van der Waals surface area contributed by atoms with E-state index < -0.39 is 18.2 Å². The molecule has 0 saturated heterocycles. The molecule has 0 bridgehead atoms. The minimum absolute atomic E-state index is 0.0156. The SMILES string of the molecule is CCC(F)(F)Cn1c(=O)[nH][nH]c1=S. The predicted molar refractivity (Wildman–Crippen MR) is 45.5 cm³/mol. The van der Waals surface area contributed by atoms with E-state index in [1.54, 1.807) is 0 Å². The first kappa shape index (κ1) is 10.1. The van der Waals surface area contributed by atoms with Gasteiger partial charge >= 0.3 is 5.69 Å². The second-order valence-electron chi connectivity index (χ2n) is 2.66. The fourth-order valence-electron chi connectivity index (χ4n) is 0.821. The van der Waals surface area contributed by atoms with Gasteiger partial charge in [0.05, 0.1) is 6.54 Å². The van der Waals surface area contributed by atoms with Crippen LogP contribution in [0.1, 0.15) is 13.3 Å². The van der Waals surface area contributed by atoms with Gasteiger partial charge < -0.3 is 0 Å². The van der Waals surface area contributed by atoms with Crippen LogP contribution in [-0.2, 0) is 6.54 Å². The Hall–Kier alpha value is -0.980. The van der Waals surface area contributed by atoms with Crippen molar-refractivity contribution < 1.29 is 8.78 Å². The molecule has 1 aromatic heterocycles. The lowest BCUT2D eigenvalue weighted by atomic mass is 10.2. The van der Waals surface area contributed by atoms with E-state index in [0.29, 0.717) is 0 Å². The zero-order valence-corrected chi connectivity index (χ0v) is 7.75. The quantitative estimate of drug-likeness (QED) is 0.737. The Balaban J connectivity index is 2.99. The van der Waals surface area contributed by atoms with Crippen LogP contribution in [0.15, 0.2) is 4.79 Å². The predicted octanol–water partition coefficient (Wildman–Crippen LogP) is 1.28. The minimum Gasteiger partial charge on any atom is -0.272 e. The van der Waals surface area contributed by atoms with Gasteiger partial charge in [0.2, 0.25) is 0 Å². The van der Waals surface area contributed by atoms with Crippen molar-refractivity contribution in [3.05, 3.63) is 15.3 Å². The van der Waals surface area contributed by atoms with Gasteiger partial charge in [-0.1, -0.05) is 6.92 Å². The van der Waals surface area contributed by atoms with Gasteiger partial charge in [-0.3, -0.25) is 9.67 Å². The fraction of sp³-hybridized carbons (Fsp3) is 0.667. The monoisotopic (exact) mass is 209 g/mol. The van der Waals surface area contributed by atoms with Crippen LogP contribution in [0.3, 0.4) is 0 Å². The third kappa shape index (κ3) is 2.24. The molecule has 0 aliphatic heterocycles. The highest BCUT2D eigenvalue weighted by atomic mass is 32.1. The number of hydrogen-bond donors (Lipinski definition) is 2. The van der Waals surface area contributed by atoms with Crippen molar-refractivity contribution in [1.82, 2.24) is 14.8 Å². The van der Waals surface area contributed by atoms with E-state index in [2.05, 4.69) is 22.4 Å². The van der Waals surface area contributed by atoms with Crippen LogP contribution in [0.2, 0.25) is 0 Å². The molecule has 0 unspecified atom stereocenters. The number of rotatable bonds is 3. The summed E-state index contributed by atoms with van der Waals surface area (Å²) in [5, 5.41) is 4.42. The summed E-state index contributed by atoms with van der Waals surface area (Å²) < 4.78 is 26.5. The maximum Gasteiger partial charge on any atom is 0.342 e. The van der Waals surface area contributed by atoms with E-state index in [1.165, 1.54) is 6.92 Å². The van der Waals surface area contributed by atoms with Crippen LogP contribution in [0.4, 0.5) is 8.78 Å². The summed E-state index contributed by atoms with van der Waals surface area (Å²) >= 11 is 4.63. The van der Waals surface area contributed by atoms with E-state index in [4.69, 9.17) is 0 Å². The third-order valence-electron chi connectivity index (χ3n) is 1.67. The molecule has 4 nitrogen and oxygen atoms in total. The summed E-state index contributed by atoms with van der Waals surface area (Å²) in [6.45, 7) is 0.672. The number of halogens is 2. The number of aromatic amines is 2. The summed E-state index contributed by atoms with van der Waals surface area (Å²) in [6, 6.07) is 0. The molecule has 2 N–H and O–H groups in total. The van der Waals surface area contributed by atoms with E-state index >= 15 is 0 Å². The molecule has 0 atom stereocenters. The van der Waals surface area contributed by atoms with E-state index in [9.17, 15) is 13.6 Å². The molecule has 7 heteroatoms. The molecule has 0 aromatic carbocycles. The highest BCUT2D eigenvalue weighted by Gasteiger charge is 2.27. The van der Waals surface area contributed by atoms with Crippen LogP contribution in [0, 0.1) is 4.77 Å². The number of aromatic nitrogens is 3. The summed E-state index contributed by atoms with van der Waals surface area (Å²) in [7, 11) is 0. The number of nitrogens with zero attached hydrogens (tertiary/aromatic N) is 1. The topological polar surface area (TPSA) is 53.6 Å². The van der Waals surface area contributed by atoms with Crippen LogP contribution in [0.25, 0.3) is 0 Å². The molecule has 13 heavy (non-hydrogen) atoms. The first-order valence-electron chi connectivity index (χ1n) is 3.71. The van der Waals surface area contributed by atoms with Crippen LogP contribution >= 0.6 is 12.2 Å². The van der Waals surface area contributed by atoms with Crippen molar-refractivity contribution in [3.8, 4) is 0 Å². The average Bonchev–Trinajstić information content (AvgIpc) is 2.36. The van der Waals surface area contributed by atoms with E-state index in [0.717, 1.165) is 4.57 Å². The Morgan fingerprint density at radius 1 is 1.54 bits per heavy atom. The molecule has 0 spiro atoms. The smallest absolute Gasteiger partial charge is 0.272 e. The lowest BCUT2D eigenvalue weighted by Gasteiger charge is -2.12. The van der Waals surface area contributed by atoms with Crippen molar-refractivity contribution in [2.24, 2.45) is 0 Å². The Kier molecular flexibility index (Phi) is 2.65. The number of alkyl halides is 2. The summed E-state index contributed by atoms with van der Waals surface area (Å²) in [6.07, 6.45) is -0.320. The maximum atomic E-state index is 12.8. The van der Waals surface area contributed by atoms with Crippen LogP contribution in [-0.4, -0.2) is 20.7 Å². The van der Waals surface area contributed by atoms with Gasteiger partial charge in [0.15, 0.2) is 4.77 Å². The lowest BCUT2D eigenvalue weighted by Crippen LogP contribution is -2.29. The van der Waals surface area contributed by atoms with Crippen molar-refractivity contribution in [2.75, 3.05) is 0 Å². The number of nitrogens with one attached hydrogen (secondary N) is 2. The lowest BCUT2D eigenvalue weighted by molar-refractivity contribution is -0.0210. The number of hydrogen-bond acceptors (Lipinski definition) is 2. The Bertz CT molecular complexity index is 364. The van der Waals surface area contributed by atoms with Crippen molar-refractivity contribution >= 4 is 12.2 Å². The number of H-pyrrole nitrogens is 2. The Morgan fingerprint density at radius 2 is 2.15 bits per heavy atom. The zero-order valence-electron chi connectivity index (χ0n) is 6.93. The van der Waals surface area contributed by atoms with Gasteiger partial charge in [0, 0.05) is 6.42 Å². The molecule has 74 valence electrons. The standard InChI is InChI=1S/C6H9F2N3OS/c1-2-6(7,8)3-11-4(12)9-10-5(11)13/h2-3H2,1H3,(H,9,12)(H,10,13). The Morgan fingerprint density at radius 3 is 2.54 bits per heavy atom. The molecule has 0 aliphatic rings. The van der Waals surface area contributed by atoms with Crippen LogP contribution in [0.5, 0.6) is 0 Å². The highest BCUT2D eigenvalue weighted by Crippen LogP contribution is 2.19. The molecule has 0 radical (unpaired) electrons. The first-order chi connectivity index (χ1) is 5.96. The second-order valence-corrected chi connectivity index (χ2v) is 3.04. The molecule has 0 saturated carbocycles. The summed E-state index contributed by atoms with van der Waals surface area (Å²) in [4.78, 5) is 10.9. The fourth-order valence-corrected chi connectivity index (χ4v) is 1.02. The van der Waals surface area contributed by atoms with Crippen LogP contribution < -0.4 is 5.69 Å². The van der Waals surface area contributed by atoms with Gasteiger partial charge in [-0.2, -0.15) is 0 Å². The van der Waals surface area contributed by atoms with Crippen molar-refractivity contribution in [1.29, 1.82) is 0 Å². The van der Waals surface area contributed by atoms with Gasteiger partial charge in [0.1, 0.15) is 0 Å². The van der Waals surface area contributed by atoms with Gasteiger partial charge in [-0.15, -0.1) is 0 Å². The minimum atomic E-state index is -2.90. The van der Waals surface area contributed by atoms with Gasteiger partial charge in [-0.05, 0) is 12.2 Å². The van der Waals surface area contributed by atoms with Crippen molar-refractivity contribution in [2.45, 2.75) is 25.8 Å². The van der Waals surface area contributed by atoms with Gasteiger partial charge in [0.25, 0.3) is 5.92 Å². The average molecular weight is 209 g/mol. The molecule has 1 aromatic rings. The summed E-state index contributed by atoms with van der Waals surface area (Å²) in [5.74, 6) is -2.90. The largest absolute Gasteiger partial charge is 0.342 e. The molecule has 1 heterocycles. The van der Waals surface area contributed by atoms with E-state index in [1.807, 2.05) is 0 Å².